The number of aromatic nitrogens is 3. The molecule has 2 aromatic heterocycles. The Morgan fingerprint density at radius 2 is 1.68 bits per heavy atom. The number of para-hydroxylation sites is 1. The van der Waals surface area contributed by atoms with Crippen LogP contribution >= 0.6 is 11.8 Å². The predicted molar refractivity (Wildman–Crippen MR) is 105 cm³/mol. The number of nitrogens with zero attached hydrogens (tertiary/aromatic N) is 5. The summed E-state index contributed by atoms with van der Waals surface area (Å²) in [5.41, 5.74) is 0.967. The molecule has 4 rings (SSSR count). The van der Waals surface area contributed by atoms with Gasteiger partial charge in [0.15, 0.2) is 5.16 Å². The second kappa shape index (κ2) is 8.35. The van der Waals surface area contributed by atoms with Crippen molar-refractivity contribution < 1.29 is 9.18 Å². The minimum absolute atomic E-state index is 0.121. The number of piperazine rings is 1. The number of carbonyl (C=O) groups is 1. The molecule has 8 heteroatoms. The number of pyridine rings is 1. The number of benzene rings is 1. The molecule has 0 spiro atoms. The second-order valence-corrected chi connectivity index (χ2v) is 7.28. The summed E-state index contributed by atoms with van der Waals surface area (Å²) in [6, 6.07) is 12.1. The average Bonchev–Trinajstić information content (AvgIpc) is 2.75. The van der Waals surface area contributed by atoms with Gasteiger partial charge in [0.1, 0.15) is 11.5 Å². The van der Waals surface area contributed by atoms with Crippen LogP contribution in [-0.2, 0) is 0 Å². The molecule has 0 bridgehead atoms. The van der Waals surface area contributed by atoms with Crippen molar-refractivity contribution in [2.45, 2.75) is 10.1 Å². The first-order valence-electron chi connectivity index (χ1n) is 8.90. The van der Waals surface area contributed by atoms with Crippen molar-refractivity contribution in [1.29, 1.82) is 0 Å². The molecule has 1 amide bonds. The maximum absolute atomic E-state index is 14.0. The first kappa shape index (κ1) is 18.4. The lowest BCUT2D eigenvalue weighted by molar-refractivity contribution is 0.0740. The molecule has 1 aromatic carbocycles. The third-order valence-corrected chi connectivity index (χ3v) is 5.34. The highest BCUT2D eigenvalue weighted by atomic mass is 32.2. The van der Waals surface area contributed by atoms with Crippen LogP contribution < -0.4 is 4.90 Å². The predicted octanol–water partition coefficient (Wildman–Crippen LogP) is 3.12. The fourth-order valence-electron chi connectivity index (χ4n) is 3.06. The smallest absolute Gasteiger partial charge is 0.272 e. The van der Waals surface area contributed by atoms with E-state index in [1.807, 2.05) is 17.0 Å². The summed E-state index contributed by atoms with van der Waals surface area (Å²) in [5, 5.41) is 0.616. The fraction of sp³-hybridized carbons (Fsp3) is 0.200. The Balaban J connectivity index is 1.41. The summed E-state index contributed by atoms with van der Waals surface area (Å²) in [4.78, 5) is 30.0. The Hall–Kier alpha value is -3.00. The third-order valence-electron chi connectivity index (χ3n) is 4.46. The van der Waals surface area contributed by atoms with E-state index in [9.17, 15) is 9.18 Å². The lowest BCUT2D eigenvalue weighted by Gasteiger charge is -2.36. The molecule has 6 nitrogen and oxygen atoms in total. The zero-order valence-corrected chi connectivity index (χ0v) is 15.8. The molecule has 0 radical (unpaired) electrons. The van der Waals surface area contributed by atoms with E-state index < -0.39 is 0 Å². The minimum Gasteiger partial charge on any atom is -0.366 e. The van der Waals surface area contributed by atoms with Gasteiger partial charge in [-0.25, -0.2) is 14.4 Å². The highest BCUT2D eigenvalue weighted by Gasteiger charge is 2.24. The Labute approximate surface area is 166 Å². The van der Waals surface area contributed by atoms with Gasteiger partial charge in [0.2, 0.25) is 0 Å². The second-order valence-electron chi connectivity index (χ2n) is 6.24. The van der Waals surface area contributed by atoms with Crippen molar-refractivity contribution in [2.75, 3.05) is 31.1 Å². The van der Waals surface area contributed by atoms with Crippen molar-refractivity contribution in [3.8, 4) is 0 Å². The summed E-state index contributed by atoms with van der Waals surface area (Å²) >= 11 is 1.38. The highest BCUT2D eigenvalue weighted by molar-refractivity contribution is 7.99. The number of rotatable bonds is 4. The molecule has 1 fully saturated rings. The molecule has 3 heterocycles. The summed E-state index contributed by atoms with van der Waals surface area (Å²) < 4.78 is 14.0. The number of halogens is 1. The molecule has 1 aliphatic rings. The van der Waals surface area contributed by atoms with Gasteiger partial charge in [0, 0.05) is 49.7 Å². The lowest BCUT2D eigenvalue weighted by Crippen LogP contribution is -2.49. The van der Waals surface area contributed by atoms with Crippen LogP contribution in [-0.4, -0.2) is 51.9 Å². The van der Waals surface area contributed by atoms with Crippen molar-refractivity contribution in [3.63, 3.8) is 0 Å². The summed E-state index contributed by atoms with van der Waals surface area (Å²) in [6.45, 7) is 2.21. The Kier molecular flexibility index (Phi) is 5.48. The molecule has 1 aliphatic heterocycles. The van der Waals surface area contributed by atoms with Crippen LogP contribution in [0.15, 0.2) is 71.1 Å². The lowest BCUT2D eigenvalue weighted by atomic mass is 10.2. The molecule has 142 valence electrons. The van der Waals surface area contributed by atoms with E-state index in [0.29, 0.717) is 42.7 Å². The molecule has 3 aromatic rings. The standard InChI is InChI=1S/C20H18FN5OS/c21-16-4-1-2-5-18(16)25-10-12-26(13-11-25)19(27)17-14-15(6-9-22-17)28-20-23-7-3-8-24-20/h1-9,14H,10-13H2. The normalized spacial score (nSPS) is 14.2. The zero-order valence-electron chi connectivity index (χ0n) is 15.0. The molecule has 28 heavy (non-hydrogen) atoms. The summed E-state index contributed by atoms with van der Waals surface area (Å²) in [5.74, 6) is -0.360. The summed E-state index contributed by atoms with van der Waals surface area (Å²) in [6.07, 6.45) is 4.98. The maximum atomic E-state index is 14.0. The number of hydrogen-bond acceptors (Lipinski definition) is 6. The van der Waals surface area contributed by atoms with E-state index in [1.54, 1.807) is 47.8 Å². The first-order chi connectivity index (χ1) is 13.7. The number of hydrogen-bond donors (Lipinski definition) is 0. The van der Waals surface area contributed by atoms with Gasteiger partial charge in [-0.2, -0.15) is 0 Å². The molecule has 0 saturated carbocycles. The maximum Gasteiger partial charge on any atom is 0.272 e. The van der Waals surface area contributed by atoms with E-state index in [4.69, 9.17) is 0 Å². The van der Waals surface area contributed by atoms with Crippen LogP contribution in [0, 0.1) is 5.82 Å². The fourth-order valence-corrected chi connectivity index (χ4v) is 3.79. The summed E-state index contributed by atoms with van der Waals surface area (Å²) in [7, 11) is 0. The Morgan fingerprint density at radius 1 is 0.929 bits per heavy atom. The SMILES string of the molecule is O=C(c1cc(Sc2ncccn2)ccn1)N1CCN(c2ccccc2F)CC1. The van der Waals surface area contributed by atoms with Gasteiger partial charge in [-0.1, -0.05) is 12.1 Å². The van der Waals surface area contributed by atoms with Crippen LogP contribution in [0.1, 0.15) is 10.5 Å². The van der Waals surface area contributed by atoms with Crippen LogP contribution in [0.3, 0.4) is 0 Å². The highest BCUT2D eigenvalue weighted by Crippen LogP contribution is 2.25. The van der Waals surface area contributed by atoms with Crippen LogP contribution in [0.4, 0.5) is 10.1 Å². The molecule has 0 N–H and O–H groups in total. The van der Waals surface area contributed by atoms with Crippen molar-refractivity contribution in [3.05, 3.63) is 72.6 Å². The Morgan fingerprint density at radius 3 is 2.43 bits per heavy atom. The molecule has 1 saturated heterocycles. The van der Waals surface area contributed by atoms with E-state index in [-0.39, 0.29) is 11.7 Å². The minimum atomic E-state index is -0.239. The van der Waals surface area contributed by atoms with E-state index in [0.717, 1.165) is 4.90 Å². The van der Waals surface area contributed by atoms with Crippen LogP contribution in [0.25, 0.3) is 0 Å². The molecule has 0 aliphatic carbocycles. The van der Waals surface area contributed by atoms with E-state index >= 15 is 0 Å². The van der Waals surface area contributed by atoms with Gasteiger partial charge < -0.3 is 9.80 Å². The van der Waals surface area contributed by atoms with Crippen molar-refractivity contribution in [2.24, 2.45) is 0 Å². The molecule has 0 unspecified atom stereocenters. The monoisotopic (exact) mass is 395 g/mol. The van der Waals surface area contributed by atoms with Crippen molar-refractivity contribution in [1.82, 2.24) is 19.9 Å². The van der Waals surface area contributed by atoms with Crippen molar-refractivity contribution >= 4 is 23.4 Å². The first-order valence-corrected chi connectivity index (χ1v) is 9.72. The average molecular weight is 395 g/mol. The zero-order chi connectivity index (χ0) is 19.3. The number of anilines is 1. The largest absolute Gasteiger partial charge is 0.366 e. The number of carbonyl (C=O) groups excluding carboxylic acids is 1. The molecule has 0 atom stereocenters. The van der Waals surface area contributed by atoms with Gasteiger partial charge in [-0.05, 0) is 42.1 Å². The van der Waals surface area contributed by atoms with Crippen LogP contribution in [0.2, 0.25) is 0 Å². The number of amides is 1. The van der Waals surface area contributed by atoms with E-state index in [1.165, 1.54) is 17.8 Å². The molecular formula is C20H18FN5OS. The quantitative estimate of drug-likeness (QED) is 0.633. The van der Waals surface area contributed by atoms with Gasteiger partial charge in [0.05, 0.1) is 5.69 Å². The Bertz CT molecular complexity index is 964. The van der Waals surface area contributed by atoms with Gasteiger partial charge in [-0.15, -0.1) is 0 Å². The van der Waals surface area contributed by atoms with Gasteiger partial charge >= 0.3 is 0 Å². The van der Waals surface area contributed by atoms with Crippen LogP contribution in [0.5, 0.6) is 0 Å². The third kappa shape index (κ3) is 4.12. The van der Waals surface area contributed by atoms with Gasteiger partial charge in [0.25, 0.3) is 5.91 Å². The topological polar surface area (TPSA) is 62.2 Å². The van der Waals surface area contributed by atoms with Gasteiger partial charge in [-0.3, -0.25) is 9.78 Å². The molecular weight excluding hydrogens is 377 g/mol. The van der Waals surface area contributed by atoms with E-state index in [2.05, 4.69) is 15.0 Å².